The summed E-state index contributed by atoms with van der Waals surface area (Å²) in [5.74, 6) is -1.10. The summed E-state index contributed by atoms with van der Waals surface area (Å²) >= 11 is 0. The fraction of sp³-hybridized carbons (Fsp3) is 0.870. The highest BCUT2D eigenvalue weighted by atomic mass is 16.6. The predicted molar refractivity (Wildman–Crippen MR) is 113 cm³/mol. The van der Waals surface area contributed by atoms with Crippen molar-refractivity contribution in [2.45, 2.75) is 117 Å². The summed E-state index contributed by atoms with van der Waals surface area (Å²) in [6, 6.07) is 0. The zero-order chi connectivity index (χ0) is 21.7. The van der Waals surface area contributed by atoms with Crippen molar-refractivity contribution in [3.8, 4) is 0 Å². The van der Waals surface area contributed by atoms with Gasteiger partial charge in [0, 0.05) is 19.3 Å². The summed E-state index contributed by atoms with van der Waals surface area (Å²) in [7, 11) is 0. The van der Waals surface area contributed by atoms with Gasteiger partial charge in [-0.25, -0.2) is 0 Å². The van der Waals surface area contributed by atoms with Crippen LogP contribution in [0.25, 0.3) is 0 Å². The highest BCUT2D eigenvalue weighted by molar-refractivity contribution is 5.70. The molecular weight excluding hydrogens is 372 g/mol. The summed E-state index contributed by atoms with van der Waals surface area (Å²) < 4.78 is 15.4. The van der Waals surface area contributed by atoms with Crippen LogP contribution in [0.5, 0.6) is 0 Å². The lowest BCUT2D eigenvalue weighted by molar-refractivity contribution is -0.166. The fourth-order valence-corrected chi connectivity index (χ4v) is 2.86. The molecule has 0 amide bonds. The number of hydrogen-bond acceptors (Lipinski definition) is 6. The molecule has 6 heteroatoms. The van der Waals surface area contributed by atoms with Gasteiger partial charge in [0.05, 0.1) is 0 Å². The third kappa shape index (κ3) is 18.2. The largest absolute Gasteiger partial charge is 0.462 e. The Labute approximate surface area is 177 Å². The van der Waals surface area contributed by atoms with Crippen molar-refractivity contribution in [1.29, 1.82) is 0 Å². The third-order valence-electron chi connectivity index (χ3n) is 4.72. The number of rotatable bonds is 19. The molecule has 0 spiro atoms. The van der Waals surface area contributed by atoms with Crippen LogP contribution in [0.4, 0.5) is 0 Å². The summed E-state index contributed by atoms with van der Waals surface area (Å²) in [4.78, 5) is 34.6. The van der Waals surface area contributed by atoms with Crippen LogP contribution in [0.2, 0.25) is 0 Å². The number of unbranched alkanes of at least 4 members (excludes halogenated alkanes) is 10. The second-order valence-corrected chi connectivity index (χ2v) is 7.47. The molecule has 0 aliphatic carbocycles. The van der Waals surface area contributed by atoms with Crippen molar-refractivity contribution in [2.24, 2.45) is 0 Å². The lowest BCUT2D eigenvalue weighted by Crippen LogP contribution is -2.30. The van der Waals surface area contributed by atoms with Crippen LogP contribution in [0.3, 0.4) is 0 Å². The van der Waals surface area contributed by atoms with Crippen LogP contribution in [0, 0.1) is 0 Å². The molecule has 0 bridgehead atoms. The maximum absolute atomic E-state index is 11.9. The Hall–Kier alpha value is -1.59. The van der Waals surface area contributed by atoms with E-state index >= 15 is 0 Å². The molecule has 0 heterocycles. The van der Waals surface area contributed by atoms with Gasteiger partial charge in [-0.15, -0.1) is 0 Å². The first-order chi connectivity index (χ1) is 14.0. The Morgan fingerprint density at radius 2 is 1.03 bits per heavy atom. The summed E-state index contributed by atoms with van der Waals surface area (Å²) in [6.07, 6.45) is 13.5. The molecule has 0 aromatic heterocycles. The number of carbonyl (C=O) groups excluding carboxylic acids is 3. The first-order valence-corrected chi connectivity index (χ1v) is 11.5. The van der Waals surface area contributed by atoms with Crippen LogP contribution in [-0.4, -0.2) is 37.2 Å². The average Bonchev–Trinajstić information content (AvgIpc) is 2.73. The lowest BCUT2D eigenvalue weighted by Gasteiger charge is -2.17. The van der Waals surface area contributed by atoms with Gasteiger partial charge in [-0.1, -0.05) is 85.0 Å². The van der Waals surface area contributed by atoms with E-state index in [0.717, 1.165) is 19.3 Å². The monoisotopic (exact) mass is 414 g/mol. The van der Waals surface area contributed by atoms with E-state index in [2.05, 4.69) is 6.92 Å². The van der Waals surface area contributed by atoms with Crippen LogP contribution in [0.1, 0.15) is 111 Å². The van der Waals surface area contributed by atoms with Crippen LogP contribution < -0.4 is 0 Å². The Morgan fingerprint density at radius 1 is 0.586 bits per heavy atom. The molecule has 1 atom stereocenters. The molecular formula is C23H42O6. The molecule has 0 fully saturated rings. The van der Waals surface area contributed by atoms with Crippen molar-refractivity contribution in [2.75, 3.05) is 13.2 Å². The van der Waals surface area contributed by atoms with E-state index in [4.69, 9.17) is 14.2 Å². The molecule has 0 aromatic carbocycles. The fourth-order valence-electron chi connectivity index (χ4n) is 2.86. The maximum atomic E-state index is 11.9. The molecule has 1 unspecified atom stereocenters. The molecule has 29 heavy (non-hydrogen) atoms. The highest BCUT2D eigenvalue weighted by Crippen LogP contribution is 2.12. The molecule has 0 aliphatic heterocycles. The van der Waals surface area contributed by atoms with Gasteiger partial charge >= 0.3 is 17.9 Å². The highest BCUT2D eigenvalue weighted by Gasteiger charge is 2.18. The molecule has 0 aromatic rings. The maximum Gasteiger partial charge on any atom is 0.306 e. The van der Waals surface area contributed by atoms with Gasteiger partial charge < -0.3 is 14.2 Å². The van der Waals surface area contributed by atoms with Crippen molar-refractivity contribution in [3.05, 3.63) is 0 Å². The average molecular weight is 415 g/mol. The smallest absolute Gasteiger partial charge is 0.306 e. The zero-order valence-electron chi connectivity index (χ0n) is 18.8. The molecule has 6 nitrogen and oxygen atoms in total. The Balaban J connectivity index is 3.78. The van der Waals surface area contributed by atoms with Crippen LogP contribution >= 0.6 is 0 Å². The minimum absolute atomic E-state index is 0.0837. The molecule has 170 valence electrons. The first kappa shape index (κ1) is 27.4. The van der Waals surface area contributed by atoms with Crippen molar-refractivity contribution < 1.29 is 28.6 Å². The van der Waals surface area contributed by atoms with E-state index < -0.39 is 12.1 Å². The lowest BCUT2D eigenvalue weighted by atomic mass is 10.1. The normalized spacial score (nSPS) is 11.7. The first-order valence-electron chi connectivity index (χ1n) is 11.5. The second-order valence-electron chi connectivity index (χ2n) is 7.47. The van der Waals surface area contributed by atoms with Gasteiger partial charge in [-0.3, -0.25) is 14.4 Å². The van der Waals surface area contributed by atoms with E-state index in [1.807, 2.05) is 0 Å². The van der Waals surface area contributed by atoms with Gasteiger partial charge in [0.1, 0.15) is 13.2 Å². The summed E-state index contributed by atoms with van der Waals surface area (Å²) in [5, 5.41) is 0. The molecule has 0 N–H and O–H groups in total. The van der Waals surface area contributed by atoms with Gasteiger partial charge in [0.25, 0.3) is 0 Å². The van der Waals surface area contributed by atoms with Gasteiger partial charge in [-0.05, 0) is 6.42 Å². The number of hydrogen-bond donors (Lipinski definition) is 0. The minimum atomic E-state index is -0.751. The zero-order valence-corrected chi connectivity index (χ0v) is 18.8. The third-order valence-corrected chi connectivity index (χ3v) is 4.72. The van der Waals surface area contributed by atoms with Gasteiger partial charge in [0.2, 0.25) is 0 Å². The molecule has 0 saturated heterocycles. The topological polar surface area (TPSA) is 78.9 Å². The second kappa shape index (κ2) is 19.7. The van der Waals surface area contributed by atoms with E-state index in [-0.39, 0.29) is 38.0 Å². The van der Waals surface area contributed by atoms with Gasteiger partial charge in [-0.2, -0.15) is 0 Å². The molecule has 0 aliphatic rings. The molecule has 0 radical (unpaired) electrons. The SMILES string of the molecule is CCCCCCCCCCCCCC(=O)OCC(COC(=O)CC)OC(=O)CC. The Bertz CT molecular complexity index is 435. The van der Waals surface area contributed by atoms with Crippen LogP contribution in [-0.2, 0) is 28.6 Å². The van der Waals surface area contributed by atoms with Crippen LogP contribution in [0.15, 0.2) is 0 Å². The van der Waals surface area contributed by atoms with E-state index in [0.29, 0.717) is 6.42 Å². The Morgan fingerprint density at radius 3 is 1.52 bits per heavy atom. The van der Waals surface area contributed by atoms with Gasteiger partial charge in [0.15, 0.2) is 6.10 Å². The number of ether oxygens (including phenoxy) is 3. The summed E-state index contributed by atoms with van der Waals surface area (Å²) in [5.41, 5.74) is 0. The quantitative estimate of drug-likeness (QED) is 0.158. The van der Waals surface area contributed by atoms with Crippen molar-refractivity contribution in [3.63, 3.8) is 0 Å². The minimum Gasteiger partial charge on any atom is -0.462 e. The van der Waals surface area contributed by atoms with E-state index in [9.17, 15) is 14.4 Å². The standard InChI is InChI=1S/C23H42O6/c1-4-7-8-9-10-11-12-13-14-15-16-17-23(26)28-19-20(29-22(25)6-3)18-27-21(24)5-2/h20H,4-19H2,1-3H3. The van der Waals surface area contributed by atoms with E-state index in [1.165, 1.54) is 51.4 Å². The van der Waals surface area contributed by atoms with Crippen molar-refractivity contribution in [1.82, 2.24) is 0 Å². The van der Waals surface area contributed by atoms with E-state index in [1.54, 1.807) is 13.8 Å². The molecule has 0 rings (SSSR count). The Kier molecular flexibility index (Phi) is 18.6. The number of esters is 3. The summed E-state index contributed by atoms with van der Waals surface area (Å²) in [6.45, 7) is 5.42. The van der Waals surface area contributed by atoms with Crippen molar-refractivity contribution >= 4 is 17.9 Å². The predicted octanol–water partition coefficient (Wildman–Crippen LogP) is 5.51. The number of carbonyl (C=O) groups is 3. The molecule has 0 saturated carbocycles.